The average molecular weight is 291 g/mol. The Bertz CT molecular complexity index is 1060. The third-order valence-corrected chi connectivity index (χ3v) is 3.82. The fourth-order valence-electron chi connectivity index (χ4n) is 2.75. The van der Waals surface area contributed by atoms with Gasteiger partial charge in [0.15, 0.2) is 5.52 Å². The second-order valence-electron chi connectivity index (χ2n) is 5.10. The molecule has 0 unspecified atom stereocenters. The Labute approximate surface area is 124 Å². The van der Waals surface area contributed by atoms with Crippen molar-refractivity contribution in [3.63, 3.8) is 0 Å². The molecule has 0 aliphatic carbocycles. The van der Waals surface area contributed by atoms with E-state index in [9.17, 15) is 9.59 Å². The van der Waals surface area contributed by atoms with E-state index >= 15 is 0 Å². The summed E-state index contributed by atoms with van der Waals surface area (Å²) in [5, 5.41) is 10.9. The van der Waals surface area contributed by atoms with Crippen molar-refractivity contribution in [3.8, 4) is 5.69 Å². The van der Waals surface area contributed by atoms with Crippen LogP contribution in [0.15, 0.2) is 65.7 Å². The minimum atomic E-state index is -0.988. The Morgan fingerprint density at radius 2 is 1.73 bits per heavy atom. The van der Waals surface area contributed by atoms with Gasteiger partial charge in [-0.05, 0) is 36.4 Å². The summed E-state index contributed by atoms with van der Waals surface area (Å²) in [6, 6.07) is 14.0. The van der Waals surface area contributed by atoms with Gasteiger partial charge >= 0.3 is 11.7 Å². The first-order chi connectivity index (χ1) is 10.6. The van der Waals surface area contributed by atoms with Gasteiger partial charge in [-0.25, -0.2) is 4.79 Å². The third kappa shape index (κ3) is 1.69. The molecule has 2 aromatic heterocycles. The van der Waals surface area contributed by atoms with Gasteiger partial charge in [-0.1, -0.05) is 12.1 Å². The fourth-order valence-corrected chi connectivity index (χ4v) is 2.75. The molecule has 1 N–H and O–H groups in total. The molecule has 0 bridgehead atoms. The number of carboxylic acid groups (broad SMARTS) is 1. The van der Waals surface area contributed by atoms with E-state index in [1.165, 1.54) is 16.7 Å². The Hall–Kier alpha value is -3.21. The molecule has 2 aromatic carbocycles. The zero-order chi connectivity index (χ0) is 15.3. The van der Waals surface area contributed by atoms with Crippen LogP contribution in [-0.2, 0) is 0 Å². The summed E-state index contributed by atoms with van der Waals surface area (Å²) in [6.45, 7) is 0. The number of nitrogens with zero attached hydrogens (tertiary/aromatic N) is 2. The van der Waals surface area contributed by atoms with E-state index < -0.39 is 5.97 Å². The largest absolute Gasteiger partial charge is 0.508 e. The predicted octanol–water partition coefficient (Wildman–Crippen LogP) is 1.87. The summed E-state index contributed by atoms with van der Waals surface area (Å²) >= 11 is 0. The van der Waals surface area contributed by atoms with E-state index in [1.54, 1.807) is 28.9 Å². The van der Waals surface area contributed by atoms with Crippen molar-refractivity contribution in [3.05, 3.63) is 77.0 Å². The van der Waals surface area contributed by atoms with Crippen LogP contribution < -0.4 is 10.3 Å². The first kappa shape index (κ1) is 12.5. The van der Waals surface area contributed by atoms with E-state index in [0.29, 0.717) is 5.69 Å². The molecule has 106 valence electrons. The van der Waals surface area contributed by atoms with Gasteiger partial charge in [-0.15, -0.1) is 0 Å². The average Bonchev–Trinajstić information content (AvgIpc) is 2.97. The van der Waals surface area contributed by atoms with Gasteiger partial charge in [0.25, 0.3) is 0 Å². The predicted molar refractivity (Wildman–Crippen MR) is 80.9 cm³/mol. The highest BCUT2D eigenvalue weighted by atomic mass is 16.4. The molecule has 0 radical (unpaired) electrons. The monoisotopic (exact) mass is 291 g/mol. The van der Waals surface area contributed by atoms with E-state index in [-0.39, 0.29) is 11.3 Å². The second-order valence-corrected chi connectivity index (χ2v) is 5.10. The minimum Gasteiger partial charge on any atom is -0.478 e. The van der Waals surface area contributed by atoms with Crippen LogP contribution in [0.25, 0.3) is 22.0 Å². The zero-order valence-corrected chi connectivity index (χ0v) is 11.4. The SMILES string of the molecule is O=C(O)c1ccc(-[n+]2cc3cccc4ccn(c2=O)c43)cc1. The van der Waals surface area contributed by atoms with Crippen molar-refractivity contribution in [1.82, 2.24) is 4.40 Å². The van der Waals surface area contributed by atoms with Crippen molar-refractivity contribution in [2.24, 2.45) is 0 Å². The van der Waals surface area contributed by atoms with Gasteiger partial charge in [0, 0.05) is 5.39 Å². The lowest BCUT2D eigenvalue weighted by atomic mass is 10.2. The summed E-state index contributed by atoms with van der Waals surface area (Å²) in [5.41, 5.74) is 1.53. The summed E-state index contributed by atoms with van der Waals surface area (Å²) in [5.74, 6) is -0.988. The van der Waals surface area contributed by atoms with Crippen molar-refractivity contribution < 1.29 is 14.5 Å². The number of hydrogen-bond donors (Lipinski definition) is 1. The summed E-state index contributed by atoms with van der Waals surface area (Å²) in [4.78, 5) is 23.5. The summed E-state index contributed by atoms with van der Waals surface area (Å²) < 4.78 is 3.13. The smallest absolute Gasteiger partial charge is 0.478 e. The number of carbonyl (C=O) groups is 1. The molecule has 2 heterocycles. The lowest BCUT2D eigenvalue weighted by Gasteiger charge is -2.02. The maximum atomic E-state index is 12.6. The van der Waals surface area contributed by atoms with Crippen LogP contribution in [0.2, 0.25) is 0 Å². The lowest BCUT2D eigenvalue weighted by molar-refractivity contribution is -0.614. The molecule has 4 aromatic rings. The van der Waals surface area contributed by atoms with Gasteiger partial charge in [0.2, 0.25) is 0 Å². The van der Waals surface area contributed by atoms with Crippen LogP contribution in [0.4, 0.5) is 0 Å². The van der Waals surface area contributed by atoms with E-state index in [1.807, 2.05) is 24.3 Å². The molecular weight excluding hydrogens is 280 g/mol. The van der Waals surface area contributed by atoms with E-state index in [4.69, 9.17) is 5.11 Å². The second kappa shape index (κ2) is 4.39. The van der Waals surface area contributed by atoms with Gasteiger partial charge < -0.3 is 5.11 Å². The van der Waals surface area contributed by atoms with Gasteiger partial charge in [-0.2, -0.15) is 13.8 Å². The quantitative estimate of drug-likeness (QED) is 0.573. The molecule has 0 amide bonds. The molecule has 5 heteroatoms. The molecule has 0 aliphatic rings. The first-order valence-electron chi connectivity index (χ1n) is 6.77. The summed E-state index contributed by atoms with van der Waals surface area (Å²) in [6.07, 6.45) is 3.53. The number of aromatic nitrogens is 2. The number of hydrogen-bond acceptors (Lipinski definition) is 2. The fraction of sp³-hybridized carbons (Fsp3) is 0. The zero-order valence-electron chi connectivity index (χ0n) is 11.4. The van der Waals surface area contributed by atoms with Crippen LogP contribution in [0.5, 0.6) is 0 Å². The van der Waals surface area contributed by atoms with Gasteiger partial charge in [-0.3, -0.25) is 0 Å². The van der Waals surface area contributed by atoms with E-state index in [2.05, 4.69) is 0 Å². The van der Waals surface area contributed by atoms with Crippen molar-refractivity contribution in [2.75, 3.05) is 0 Å². The topological polar surface area (TPSA) is 62.7 Å². The molecule has 4 rings (SSSR count). The number of rotatable bonds is 2. The maximum absolute atomic E-state index is 12.6. The number of aromatic carboxylic acids is 1. The molecule has 0 atom stereocenters. The molecule has 0 saturated heterocycles. The Kier molecular flexibility index (Phi) is 2.50. The first-order valence-corrected chi connectivity index (χ1v) is 6.77. The third-order valence-electron chi connectivity index (χ3n) is 3.82. The van der Waals surface area contributed by atoms with Gasteiger partial charge in [0.1, 0.15) is 18.1 Å². The van der Waals surface area contributed by atoms with Crippen LogP contribution in [-0.4, -0.2) is 15.5 Å². The molecule has 0 fully saturated rings. The molecule has 22 heavy (non-hydrogen) atoms. The normalized spacial score (nSPS) is 11.3. The molecule has 0 saturated carbocycles. The maximum Gasteiger partial charge on any atom is 0.508 e. The number of carboxylic acids is 1. The Morgan fingerprint density at radius 3 is 2.45 bits per heavy atom. The van der Waals surface area contributed by atoms with Gasteiger partial charge in [0.05, 0.1) is 10.9 Å². The number of benzene rings is 2. The van der Waals surface area contributed by atoms with Crippen molar-refractivity contribution >= 4 is 22.3 Å². The minimum absolute atomic E-state index is 0.184. The standard InChI is InChI=1S/C17H10N2O3/c20-16(21)12-4-6-14(7-5-12)19-10-13-3-1-2-11-8-9-18(15(11)13)17(19)22/h1-10H/p+1. The molecule has 5 nitrogen and oxygen atoms in total. The molecular formula is C17H11N2O3+. The van der Waals surface area contributed by atoms with Crippen molar-refractivity contribution in [2.45, 2.75) is 0 Å². The Balaban J connectivity index is 2.00. The molecule has 0 aliphatic heterocycles. The van der Waals surface area contributed by atoms with Crippen LogP contribution in [0, 0.1) is 0 Å². The molecule has 0 spiro atoms. The van der Waals surface area contributed by atoms with Crippen molar-refractivity contribution in [1.29, 1.82) is 0 Å². The number of para-hydroxylation sites is 1. The van der Waals surface area contributed by atoms with Crippen LogP contribution in [0.1, 0.15) is 10.4 Å². The lowest BCUT2D eigenvalue weighted by Crippen LogP contribution is -2.50. The highest BCUT2D eigenvalue weighted by Gasteiger charge is 2.18. The summed E-state index contributed by atoms with van der Waals surface area (Å²) in [7, 11) is 0. The highest BCUT2D eigenvalue weighted by molar-refractivity contribution is 5.95. The van der Waals surface area contributed by atoms with E-state index in [0.717, 1.165) is 16.3 Å². The Morgan fingerprint density at radius 1 is 1.00 bits per heavy atom. The van der Waals surface area contributed by atoms with Crippen LogP contribution >= 0.6 is 0 Å². The van der Waals surface area contributed by atoms with Crippen LogP contribution in [0.3, 0.4) is 0 Å². The highest BCUT2D eigenvalue weighted by Crippen LogP contribution is 2.19.